The van der Waals surface area contributed by atoms with Crippen molar-refractivity contribution in [2.24, 2.45) is 11.7 Å². The predicted octanol–water partition coefficient (Wildman–Crippen LogP) is 1.44. The normalized spacial score (nSPS) is 17.0. The molecule has 0 saturated heterocycles. The molecule has 0 bridgehead atoms. The summed E-state index contributed by atoms with van der Waals surface area (Å²) in [6, 6.07) is 7.80. The van der Waals surface area contributed by atoms with Crippen LogP contribution in [0, 0.1) is 12.8 Å². The van der Waals surface area contributed by atoms with Gasteiger partial charge in [-0.2, -0.15) is 0 Å². The SMILES string of the molecule is Cc1nc2ccccc2n(CC(N)C2CC2)c1=O. The highest BCUT2D eigenvalue weighted by Crippen LogP contribution is 2.32. The minimum absolute atomic E-state index is 0.0233. The van der Waals surface area contributed by atoms with Crippen molar-refractivity contribution in [1.82, 2.24) is 9.55 Å². The lowest BCUT2D eigenvalue weighted by Gasteiger charge is -2.15. The van der Waals surface area contributed by atoms with Crippen LogP contribution >= 0.6 is 0 Å². The molecule has 18 heavy (non-hydrogen) atoms. The summed E-state index contributed by atoms with van der Waals surface area (Å²) in [7, 11) is 0. The van der Waals surface area contributed by atoms with Crippen molar-refractivity contribution in [3.05, 3.63) is 40.3 Å². The number of nitrogens with zero attached hydrogens (tertiary/aromatic N) is 2. The highest BCUT2D eigenvalue weighted by atomic mass is 16.1. The fraction of sp³-hybridized carbons (Fsp3) is 0.429. The first-order valence-electron chi connectivity index (χ1n) is 6.38. The van der Waals surface area contributed by atoms with Crippen LogP contribution in [-0.4, -0.2) is 15.6 Å². The molecule has 1 aromatic carbocycles. The summed E-state index contributed by atoms with van der Waals surface area (Å²) in [5, 5.41) is 0. The van der Waals surface area contributed by atoms with Crippen molar-refractivity contribution < 1.29 is 0 Å². The Bertz CT molecular complexity index is 643. The van der Waals surface area contributed by atoms with Gasteiger partial charge in [-0.15, -0.1) is 0 Å². The third-order valence-electron chi connectivity index (χ3n) is 3.64. The number of aryl methyl sites for hydroxylation is 1. The van der Waals surface area contributed by atoms with Crippen LogP contribution in [-0.2, 0) is 6.54 Å². The van der Waals surface area contributed by atoms with Gasteiger partial charge in [0.1, 0.15) is 5.69 Å². The van der Waals surface area contributed by atoms with E-state index < -0.39 is 0 Å². The Morgan fingerprint density at radius 1 is 1.44 bits per heavy atom. The van der Waals surface area contributed by atoms with Crippen LogP contribution in [0.2, 0.25) is 0 Å². The van der Waals surface area contributed by atoms with Crippen LogP contribution in [0.5, 0.6) is 0 Å². The Kier molecular flexibility index (Phi) is 2.67. The van der Waals surface area contributed by atoms with Gasteiger partial charge in [-0.1, -0.05) is 12.1 Å². The molecule has 1 aliphatic rings. The molecule has 0 radical (unpaired) electrons. The summed E-state index contributed by atoms with van der Waals surface area (Å²) in [5.41, 5.74) is 8.39. The van der Waals surface area contributed by atoms with Crippen LogP contribution in [0.1, 0.15) is 18.5 Å². The number of aromatic nitrogens is 2. The zero-order valence-electron chi connectivity index (χ0n) is 10.5. The Hall–Kier alpha value is -1.68. The summed E-state index contributed by atoms with van der Waals surface area (Å²) in [6.07, 6.45) is 2.38. The lowest BCUT2D eigenvalue weighted by atomic mass is 10.2. The molecule has 1 fully saturated rings. The second kappa shape index (κ2) is 4.21. The topological polar surface area (TPSA) is 60.9 Å². The van der Waals surface area contributed by atoms with Crippen LogP contribution < -0.4 is 11.3 Å². The van der Waals surface area contributed by atoms with E-state index in [1.165, 1.54) is 12.8 Å². The zero-order valence-corrected chi connectivity index (χ0v) is 10.5. The molecule has 94 valence electrons. The van der Waals surface area contributed by atoms with Crippen LogP contribution in [0.3, 0.4) is 0 Å². The first-order valence-corrected chi connectivity index (χ1v) is 6.38. The Balaban J connectivity index is 2.12. The average Bonchev–Trinajstić information content (AvgIpc) is 3.19. The highest BCUT2D eigenvalue weighted by molar-refractivity contribution is 5.74. The van der Waals surface area contributed by atoms with Crippen molar-refractivity contribution in [1.29, 1.82) is 0 Å². The van der Waals surface area contributed by atoms with Gasteiger partial charge < -0.3 is 10.3 Å². The van der Waals surface area contributed by atoms with Crippen LogP contribution in [0.15, 0.2) is 29.1 Å². The van der Waals surface area contributed by atoms with E-state index in [1.54, 1.807) is 11.5 Å². The predicted molar refractivity (Wildman–Crippen MR) is 71.4 cm³/mol. The van der Waals surface area contributed by atoms with Gasteiger partial charge in [0.05, 0.1) is 11.0 Å². The van der Waals surface area contributed by atoms with E-state index in [2.05, 4.69) is 4.98 Å². The minimum Gasteiger partial charge on any atom is -0.326 e. The first-order chi connectivity index (χ1) is 8.66. The van der Waals surface area contributed by atoms with Crippen molar-refractivity contribution in [2.75, 3.05) is 0 Å². The minimum atomic E-state index is -0.0233. The van der Waals surface area contributed by atoms with Crippen LogP contribution in [0.4, 0.5) is 0 Å². The molecule has 1 aromatic heterocycles. The maximum atomic E-state index is 12.2. The Morgan fingerprint density at radius 3 is 2.89 bits per heavy atom. The molecule has 2 N–H and O–H groups in total. The van der Waals surface area contributed by atoms with Crippen molar-refractivity contribution in [3.63, 3.8) is 0 Å². The summed E-state index contributed by atoms with van der Waals surface area (Å²) in [6.45, 7) is 2.35. The molecule has 1 atom stereocenters. The van der Waals surface area contributed by atoms with Gasteiger partial charge in [-0.25, -0.2) is 4.98 Å². The zero-order chi connectivity index (χ0) is 12.7. The first kappa shape index (κ1) is 11.4. The molecular weight excluding hydrogens is 226 g/mol. The number of para-hydroxylation sites is 2. The molecule has 1 aliphatic carbocycles. The second-order valence-electron chi connectivity index (χ2n) is 5.10. The van der Waals surface area contributed by atoms with Gasteiger partial charge in [-0.05, 0) is 37.8 Å². The fourth-order valence-electron chi connectivity index (χ4n) is 2.39. The lowest BCUT2D eigenvalue weighted by Crippen LogP contribution is -2.35. The van der Waals surface area contributed by atoms with E-state index in [0.29, 0.717) is 18.2 Å². The van der Waals surface area contributed by atoms with Crippen molar-refractivity contribution in [3.8, 4) is 0 Å². The van der Waals surface area contributed by atoms with Gasteiger partial charge in [0.25, 0.3) is 5.56 Å². The molecule has 1 unspecified atom stereocenters. The maximum Gasteiger partial charge on any atom is 0.272 e. The third kappa shape index (κ3) is 1.93. The van der Waals surface area contributed by atoms with Gasteiger partial charge in [-0.3, -0.25) is 4.79 Å². The van der Waals surface area contributed by atoms with Gasteiger partial charge in [0.2, 0.25) is 0 Å². The molecular formula is C14H17N3O. The third-order valence-corrected chi connectivity index (χ3v) is 3.64. The molecule has 1 heterocycles. The molecule has 4 nitrogen and oxygen atoms in total. The summed E-state index contributed by atoms with van der Waals surface area (Å²) >= 11 is 0. The van der Waals surface area contributed by atoms with E-state index in [1.807, 2.05) is 24.3 Å². The van der Waals surface area contributed by atoms with E-state index in [9.17, 15) is 4.79 Å². The standard InChI is InChI=1S/C14H17N3O/c1-9-14(18)17(8-11(15)10-6-7-10)13-5-3-2-4-12(13)16-9/h2-5,10-11H,6-8,15H2,1H3. The molecule has 0 aliphatic heterocycles. The van der Waals surface area contributed by atoms with Gasteiger partial charge in [0.15, 0.2) is 0 Å². The van der Waals surface area contributed by atoms with Gasteiger partial charge >= 0.3 is 0 Å². The van der Waals surface area contributed by atoms with E-state index in [4.69, 9.17) is 5.73 Å². The highest BCUT2D eigenvalue weighted by Gasteiger charge is 2.29. The number of hydrogen-bond acceptors (Lipinski definition) is 3. The number of nitrogens with two attached hydrogens (primary N) is 1. The number of rotatable bonds is 3. The summed E-state index contributed by atoms with van der Waals surface area (Å²) in [5.74, 6) is 0.587. The number of hydrogen-bond donors (Lipinski definition) is 1. The molecule has 0 spiro atoms. The largest absolute Gasteiger partial charge is 0.326 e. The van der Waals surface area contributed by atoms with Crippen molar-refractivity contribution >= 4 is 11.0 Å². The van der Waals surface area contributed by atoms with E-state index in [-0.39, 0.29) is 11.6 Å². The number of benzene rings is 1. The van der Waals surface area contributed by atoms with Crippen LogP contribution in [0.25, 0.3) is 11.0 Å². The molecule has 0 amide bonds. The smallest absolute Gasteiger partial charge is 0.272 e. The summed E-state index contributed by atoms with van der Waals surface area (Å²) < 4.78 is 1.78. The maximum absolute atomic E-state index is 12.2. The van der Waals surface area contributed by atoms with E-state index >= 15 is 0 Å². The Labute approximate surface area is 105 Å². The van der Waals surface area contributed by atoms with Gasteiger partial charge in [0, 0.05) is 12.6 Å². The molecule has 2 aromatic rings. The van der Waals surface area contributed by atoms with E-state index in [0.717, 1.165) is 11.0 Å². The molecule has 4 heteroatoms. The summed E-state index contributed by atoms with van der Waals surface area (Å²) in [4.78, 5) is 16.5. The second-order valence-corrected chi connectivity index (χ2v) is 5.10. The fourth-order valence-corrected chi connectivity index (χ4v) is 2.39. The average molecular weight is 243 g/mol. The quantitative estimate of drug-likeness (QED) is 0.887. The molecule has 1 saturated carbocycles. The lowest BCUT2D eigenvalue weighted by molar-refractivity contribution is 0.501. The number of fused-ring (bicyclic) bond motifs is 1. The molecule has 3 rings (SSSR count). The van der Waals surface area contributed by atoms with Crippen molar-refractivity contribution in [2.45, 2.75) is 32.4 Å². The monoisotopic (exact) mass is 243 g/mol. The Morgan fingerprint density at radius 2 is 2.17 bits per heavy atom.